The van der Waals surface area contributed by atoms with Gasteiger partial charge >= 0.3 is 0 Å². The van der Waals surface area contributed by atoms with Crippen LogP contribution in [0.25, 0.3) is 0 Å². The van der Waals surface area contributed by atoms with Crippen LogP contribution in [-0.2, 0) is 4.79 Å². The monoisotopic (exact) mass is 278 g/mol. The summed E-state index contributed by atoms with van der Waals surface area (Å²) < 4.78 is 0. The van der Waals surface area contributed by atoms with Crippen LogP contribution in [0.1, 0.15) is 51.3 Å². The lowest BCUT2D eigenvalue weighted by Gasteiger charge is -2.24. The molecule has 1 aliphatic heterocycles. The van der Waals surface area contributed by atoms with Crippen molar-refractivity contribution in [1.29, 1.82) is 0 Å². The van der Waals surface area contributed by atoms with Crippen LogP contribution in [-0.4, -0.2) is 22.9 Å². The Bertz CT molecular complexity index is 451. The van der Waals surface area contributed by atoms with Crippen molar-refractivity contribution in [3.05, 3.63) is 22.4 Å². The number of nitrogens with one attached hydrogen (secondary N) is 1. The highest BCUT2D eigenvalue weighted by molar-refractivity contribution is 7.07. The van der Waals surface area contributed by atoms with Crippen molar-refractivity contribution in [2.45, 2.75) is 51.2 Å². The Morgan fingerprint density at radius 1 is 1.53 bits per heavy atom. The van der Waals surface area contributed by atoms with E-state index in [-0.39, 0.29) is 11.7 Å². The van der Waals surface area contributed by atoms with E-state index in [1.807, 2.05) is 0 Å². The number of carbonyl (C=O) groups is 1. The number of hydrogen-bond donors (Lipinski definition) is 1. The van der Waals surface area contributed by atoms with Gasteiger partial charge in [-0.2, -0.15) is 11.3 Å². The molecule has 0 bridgehead atoms. The Morgan fingerprint density at radius 2 is 2.32 bits per heavy atom. The Labute approximate surface area is 119 Å². The summed E-state index contributed by atoms with van der Waals surface area (Å²) in [7, 11) is 0. The first-order valence-corrected chi connectivity index (χ1v) is 8.17. The lowest BCUT2D eigenvalue weighted by Crippen LogP contribution is -2.33. The van der Waals surface area contributed by atoms with Gasteiger partial charge in [-0.15, -0.1) is 0 Å². The first kappa shape index (κ1) is 13.1. The van der Waals surface area contributed by atoms with E-state index >= 15 is 0 Å². The zero-order valence-electron chi connectivity index (χ0n) is 11.7. The predicted molar refractivity (Wildman–Crippen MR) is 77.9 cm³/mol. The van der Waals surface area contributed by atoms with Crippen molar-refractivity contribution in [3.8, 4) is 0 Å². The second-order valence-electron chi connectivity index (χ2n) is 6.22. The summed E-state index contributed by atoms with van der Waals surface area (Å²) >= 11 is 1.70. The van der Waals surface area contributed by atoms with Gasteiger partial charge in [0.05, 0.1) is 0 Å². The molecule has 4 heteroatoms. The highest BCUT2D eigenvalue weighted by Gasteiger charge is 2.59. The van der Waals surface area contributed by atoms with E-state index in [1.165, 1.54) is 12.0 Å². The molecule has 2 fully saturated rings. The fourth-order valence-electron chi connectivity index (χ4n) is 2.87. The van der Waals surface area contributed by atoms with E-state index < -0.39 is 0 Å². The third-order valence-electron chi connectivity index (χ3n) is 4.18. The Balaban J connectivity index is 1.72. The first-order valence-electron chi connectivity index (χ1n) is 7.23. The molecule has 1 atom stereocenters. The highest BCUT2D eigenvalue weighted by Crippen LogP contribution is 2.46. The molecule has 1 aliphatic carbocycles. The van der Waals surface area contributed by atoms with Crippen LogP contribution in [0, 0.1) is 5.92 Å². The van der Waals surface area contributed by atoms with E-state index in [1.54, 1.807) is 11.3 Å². The van der Waals surface area contributed by atoms with Crippen molar-refractivity contribution >= 4 is 17.2 Å². The summed E-state index contributed by atoms with van der Waals surface area (Å²) in [4.78, 5) is 14.6. The van der Waals surface area contributed by atoms with Gasteiger partial charge in [0.15, 0.2) is 0 Å². The molecule has 2 heterocycles. The Kier molecular flexibility index (Phi) is 3.39. The van der Waals surface area contributed by atoms with Crippen LogP contribution >= 0.6 is 11.3 Å². The maximum atomic E-state index is 12.5. The number of carbonyl (C=O) groups excluding carboxylic acids is 1. The van der Waals surface area contributed by atoms with E-state index in [9.17, 15) is 4.79 Å². The molecular formula is C15H22N2OS. The average Bonchev–Trinajstić information content (AvgIpc) is 2.84. The Morgan fingerprint density at radius 3 is 2.89 bits per heavy atom. The first-order chi connectivity index (χ1) is 9.12. The van der Waals surface area contributed by atoms with E-state index in [0.717, 1.165) is 25.8 Å². The number of rotatable bonds is 5. The van der Waals surface area contributed by atoms with Gasteiger partial charge in [0.1, 0.15) is 11.7 Å². The maximum Gasteiger partial charge on any atom is 0.244 e. The van der Waals surface area contributed by atoms with Gasteiger partial charge in [-0.1, -0.05) is 13.8 Å². The van der Waals surface area contributed by atoms with E-state index in [0.29, 0.717) is 11.8 Å². The number of thiophene rings is 1. The zero-order chi connectivity index (χ0) is 13.5. The molecule has 3 rings (SSSR count). The van der Waals surface area contributed by atoms with E-state index in [4.69, 9.17) is 0 Å². The SMILES string of the molecule is CC(C)CCCN1C(=O)C2(CC2)NC1c1ccsc1. The molecule has 1 N–H and O–H groups in total. The maximum absolute atomic E-state index is 12.5. The molecule has 3 nitrogen and oxygen atoms in total. The van der Waals surface area contributed by atoms with Crippen LogP contribution in [0.5, 0.6) is 0 Å². The molecule has 1 aromatic rings. The molecule has 2 aliphatic rings. The smallest absolute Gasteiger partial charge is 0.244 e. The third kappa shape index (κ3) is 2.43. The second-order valence-corrected chi connectivity index (χ2v) is 7.00. The fraction of sp³-hybridized carbons (Fsp3) is 0.667. The van der Waals surface area contributed by atoms with Crippen molar-refractivity contribution in [3.63, 3.8) is 0 Å². The summed E-state index contributed by atoms with van der Waals surface area (Å²) in [6.07, 6.45) is 4.41. The summed E-state index contributed by atoms with van der Waals surface area (Å²) in [6.45, 7) is 5.36. The van der Waals surface area contributed by atoms with Crippen LogP contribution < -0.4 is 5.32 Å². The normalized spacial score (nSPS) is 24.7. The topological polar surface area (TPSA) is 32.3 Å². The van der Waals surface area contributed by atoms with Gasteiger partial charge < -0.3 is 4.90 Å². The minimum absolute atomic E-state index is 0.105. The van der Waals surface area contributed by atoms with Crippen LogP contribution in [0.3, 0.4) is 0 Å². The third-order valence-corrected chi connectivity index (χ3v) is 4.89. The van der Waals surface area contributed by atoms with Crippen LogP contribution in [0.15, 0.2) is 16.8 Å². The number of nitrogens with zero attached hydrogens (tertiary/aromatic N) is 1. The molecule has 1 saturated carbocycles. The van der Waals surface area contributed by atoms with Crippen molar-refractivity contribution in [2.24, 2.45) is 5.92 Å². The predicted octanol–water partition coefficient (Wildman–Crippen LogP) is 3.15. The van der Waals surface area contributed by atoms with Gasteiger partial charge in [-0.05, 0) is 54.0 Å². The summed E-state index contributed by atoms with van der Waals surface area (Å²) in [6, 6.07) is 2.13. The second kappa shape index (κ2) is 4.91. The van der Waals surface area contributed by atoms with Crippen molar-refractivity contribution in [2.75, 3.05) is 6.54 Å². The van der Waals surface area contributed by atoms with Gasteiger partial charge in [-0.25, -0.2) is 0 Å². The van der Waals surface area contributed by atoms with Crippen molar-refractivity contribution in [1.82, 2.24) is 10.2 Å². The Hall–Kier alpha value is -0.870. The standard InChI is InChI=1S/C15H22N2OS/c1-11(2)4-3-8-17-13(12-5-9-19-10-12)16-15(6-7-15)14(17)18/h5,9-11,13,16H,3-4,6-8H2,1-2H3. The molecule has 1 amide bonds. The van der Waals surface area contributed by atoms with Crippen LogP contribution in [0.4, 0.5) is 0 Å². The molecule has 1 saturated heterocycles. The average molecular weight is 278 g/mol. The molecule has 1 unspecified atom stereocenters. The number of hydrogen-bond acceptors (Lipinski definition) is 3. The minimum atomic E-state index is -0.204. The molecule has 1 spiro atoms. The summed E-state index contributed by atoms with van der Waals surface area (Å²) in [5.41, 5.74) is 1.04. The molecule has 104 valence electrons. The minimum Gasteiger partial charge on any atom is -0.321 e. The zero-order valence-corrected chi connectivity index (χ0v) is 12.5. The molecule has 0 aromatic carbocycles. The fourth-order valence-corrected chi connectivity index (χ4v) is 3.55. The largest absolute Gasteiger partial charge is 0.321 e. The van der Waals surface area contributed by atoms with Gasteiger partial charge in [-0.3, -0.25) is 10.1 Å². The van der Waals surface area contributed by atoms with E-state index in [2.05, 4.69) is 40.9 Å². The molecule has 1 aromatic heterocycles. The van der Waals surface area contributed by atoms with Gasteiger partial charge in [0.25, 0.3) is 0 Å². The summed E-state index contributed by atoms with van der Waals surface area (Å²) in [5, 5.41) is 7.81. The summed E-state index contributed by atoms with van der Waals surface area (Å²) in [5.74, 6) is 1.03. The van der Waals surface area contributed by atoms with Gasteiger partial charge in [0.2, 0.25) is 5.91 Å². The molecular weight excluding hydrogens is 256 g/mol. The quantitative estimate of drug-likeness (QED) is 0.897. The number of amides is 1. The lowest BCUT2D eigenvalue weighted by molar-refractivity contribution is -0.130. The van der Waals surface area contributed by atoms with Gasteiger partial charge in [0, 0.05) is 6.54 Å². The van der Waals surface area contributed by atoms with Crippen LogP contribution in [0.2, 0.25) is 0 Å². The van der Waals surface area contributed by atoms with Crippen molar-refractivity contribution < 1.29 is 4.79 Å². The molecule has 19 heavy (non-hydrogen) atoms. The highest BCUT2D eigenvalue weighted by atomic mass is 32.1. The lowest BCUT2D eigenvalue weighted by atomic mass is 10.1. The molecule has 0 radical (unpaired) electrons.